The van der Waals surface area contributed by atoms with Crippen molar-refractivity contribution in [2.75, 3.05) is 25.1 Å². The molecule has 4 bridgehead atoms. The van der Waals surface area contributed by atoms with Gasteiger partial charge in [-0.2, -0.15) is 9.97 Å². The predicted molar refractivity (Wildman–Crippen MR) is 210 cm³/mol. The number of ether oxygens (including phenoxy) is 2. The van der Waals surface area contributed by atoms with Crippen molar-refractivity contribution in [2.45, 2.75) is 133 Å². The number of rotatable bonds is 7. The Morgan fingerprint density at radius 1 is 1.02 bits per heavy atom. The van der Waals surface area contributed by atoms with Gasteiger partial charge in [0.15, 0.2) is 17.3 Å². The molecule has 5 atom stereocenters. The van der Waals surface area contributed by atoms with Crippen LogP contribution in [0.15, 0.2) is 30.5 Å². The second-order valence-corrected chi connectivity index (χ2v) is 17.7. The average molecular weight is 753 g/mol. The normalized spacial score (nSPS) is 28.0. The minimum absolute atomic E-state index is 0.0198. The molecule has 13 heteroatoms. The molecule has 5 saturated heterocycles. The molecule has 0 saturated carbocycles. The highest BCUT2D eigenvalue weighted by Crippen LogP contribution is 2.51. The first-order valence-corrected chi connectivity index (χ1v) is 20.2. The summed E-state index contributed by atoms with van der Waals surface area (Å²) >= 11 is 0. The second kappa shape index (κ2) is 14.0. The van der Waals surface area contributed by atoms with Crippen LogP contribution >= 0.6 is 0 Å². The minimum Gasteiger partial charge on any atom is -0.504 e. The van der Waals surface area contributed by atoms with Crippen LogP contribution in [0.2, 0.25) is 0 Å². The number of nitrogens with two attached hydrogens (primary N) is 1. The first kappa shape index (κ1) is 36.3. The number of nitrogens with one attached hydrogen (secondary N) is 2. The van der Waals surface area contributed by atoms with E-state index in [1.807, 2.05) is 39.0 Å². The lowest BCUT2D eigenvalue weighted by molar-refractivity contribution is 0.188. The molecule has 1 amide bonds. The summed E-state index contributed by atoms with van der Waals surface area (Å²) in [4.78, 5) is 32.6. The number of piperidine rings is 2. The molecule has 5 aliphatic rings. The molecule has 5 aliphatic heterocycles. The first-order chi connectivity index (χ1) is 26.4. The molecule has 5 N–H and O–H groups in total. The Balaban J connectivity index is 1.16. The molecule has 0 aliphatic carbocycles. The number of aromatic nitrogens is 3. The number of likely N-dealkylation sites (N-methyl/N-ethyl adjacent to an activating group) is 1. The monoisotopic (exact) mass is 752 g/mol. The van der Waals surface area contributed by atoms with Crippen molar-refractivity contribution in [3.63, 3.8) is 0 Å². The Labute approximate surface area is 321 Å². The van der Waals surface area contributed by atoms with Gasteiger partial charge in [-0.15, -0.1) is 0 Å². The Bertz CT molecular complexity index is 2120. The van der Waals surface area contributed by atoms with Crippen molar-refractivity contribution >= 4 is 33.6 Å². The third-order valence-electron chi connectivity index (χ3n) is 12.9. The van der Waals surface area contributed by atoms with Crippen LogP contribution in [0.25, 0.3) is 32.9 Å². The highest BCUT2D eigenvalue weighted by molar-refractivity contribution is 6.06. The fourth-order valence-electron chi connectivity index (χ4n) is 10.3. The number of carbonyl (C=O) groups is 1. The summed E-state index contributed by atoms with van der Waals surface area (Å²) in [5.74, 6) is -0.197. The highest BCUT2D eigenvalue weighted by atomic mass is 19.1. The number of pyridine rings is 1. The summed E-state index contributed by atoms with van der Waals surface area (Å²) in [7, 11) is 2.09. The third kappa shape index (κ3) is 6.61. The molecule has 0 radical (unpaired) electrons. The van der Waals surface area contributed by atoms with E-state index < -0.39 is 17.3 Å². The maximum Gasteiger partial charge on any atom is 0.412 e. The van der Waals surface area contributed by atoms with Crippen molar-refractivity contribution in [1.29, 1.82) is 0 Å². The first-order valence-electron chi connectivity index (χ1n) is 20.2. The minimum atomic E-state index is -0.723. The zero-order valence-corrected chi connectivity index (χ0v) is 32.3. The number of aromatic hydroxyl groups is 1. The molecule has 9 rings (SSSR count). The standard InChI is InChI=1S/C42H53FN8O4/c1-42(2,3)33-32(29-9-5-6-10-30(29)38(37(33)52)55-41(53)47-25-18-23-11-12-24(19-25)46-23)36-34(43)35-31(20-45-36)39(51-26-13-14-27(51)17-22(44)16-26)49-40(48-35)54-21-28-8-7-15-50(28)4/h5-6,9-10,20,22-28,46,52H,7-8,11-19,21,44H2,1-4H3,(H,47,53)/t22?,23?,24?,25?,26?,27?,28-/m0/s1. The van der Waals surface area contributed by atoms with E-state index in [4.69, 9.17) is 30.2 Å². The molecule has 55 heavy (non-hydrogen) atoms. The van der Waals surface area contributed by atoms with E-state index in [1.165, 1.54) is 0 Å². The molecule has 0 spiro atoms. The molecular formula is C42H53FN8O4. The summed E-state index contributed by atoms with van der Waals surface area (Å²) in [5.41, 5.74) is 6.72. The Morgan fingerprint density at radius 3 is 2.40 bits per heavy atom. The van der Waals surface area contributed by atoms with Gasteiger partial charge in [-0.05, 0) is 88.6 Å². The van der Waals surface area contributed by atoms with E-state index in [9.17, 15) is 9.90 Å². The van der Waals surface area contributed by atoms with Gasteiger partial charge >= 0.3 is 12.1 Å². The summed E-state index contributed by atoms with van der Waals surface area (Å²) in [6.45, 7) is 7.23. The van der Waals surface area contributed by atoms with E-state index in [2.05, 4.69) is 27.5 Å². The van der Waals surface area contributed by atoms with Crippen molar-refractivity contribution in [1.82, 2.24) is 30.5 Å². The molecule has 12 nitrogen and oxygen atoms in total. The number of halogens is 1. The molecular weight excluding hydrogens is 700 g/mol. The van der Waals surface area contributed by atoms with Crippen molar-refractivity contribution in [3.8, 4) is 28.8 Å². The number of anilines is 1. The van der Waals surface area contributed by atoms with Crippen LogP contribution in [0.3, 0.4) is 0 Å². The molecule has 7 heterocycles. The number of hydrogen-bond acceptors (Lipinski definition) is 11. The number of likely N-dealkylation sites (tertiary alicyclic amines) is 1. The molecule has 4 unspecified atom stereocenters. The summed E-state index contributed by atoms with van der Waals surface area (Å²) in [5, 5.41) is 20.3. The van der Waals surface area contributed by atoms with Gasteiger partial charge in [0.05, 0.1) is 5.39 Å². The second-order valence-electron chi connectivity index (χ2n) is 17.7. The van der Waals surface area contributed by atoms with Gasteiger partial charge in [0.2, 0.25) is 0 Å². The maximum atomic E-state index is 17.6. The summed E-state index contributed by atoms with van der Waals surface area (Å²) < 4.78 is 29.9. The fraction of sp³-hybridized carbons (Fsp3) is 0.571. The van der Waals surface area contributed by atoms with E-state index in [0.717, 1.165) is 70.8 Å². The topological polar surface area (TPSA) is 151 Å². The quantitative estimate of drug-likeness (QED) is 0.169. The van der Waals surface area contributed by atoms with E-state index in [-0.39, 0.29) is 58.9 Å². The lowest BCUT2D eigenvalue weighted by Crippen LogP contribution is -2.48. The number of benzene rings is 2. The van der Waals surface area contributed by atoms with Crippen LogP contribution < -0.4 is 30.7 Å². The number of phenolic OH excluding ortho intramolecular Hbond substituents is 1. The zero-order chi connectivity index (χ0) is 38.2. The van der Waals surface area contributed by atoms with Gasteiger partial charge in [0.25, 0.3) is 0 Å². The summed E-state index contributed by atoms with van der Waals surface area (Å²) in [6, 6.07) is 8.91. The van der Waals surface area contributed by atoms with Crippen LogP contribution in [0.1, 0.15) is 90.5 Å². The Hall–Kier alpha value is -4.33. The van der Waals surface area contributed by atoms with Gasteiger partial charge in [-0.25, -0.2) is 9.18 Å². The molecule has 2 aromatic carbocycles. The number of fused-ring (bicyclic) bond motifs is 6. The SMILES string of the molecule is CN1CCC[C@H]1COc1nc(N2C3CCC2CC(N)C3)c2cnc(-c3c(C(C)(C)C)c(O)c(OC(=O)NC4CC5CCC(C4)N5)c4ccccc34)c(F)c2n1. The smallest absolute Gasteiger partial charge is 0.412 e. The lowest BCUT2D eigenvalue weighted by Gasteiger charge is -2.39. The van der Waals surface area contributed by atoms with E-state index in [1.54, 1.807) is 12.3 Å². The van der Waals surface area contributed by atoms with Crippen LogP contribution in [-0.2, 0) is 5.41 Å². The average Bonchev–Trinajstić information content (AvgIpc) is 3.80. The third-order valence-corrected chi connectivity index (χ3v) is 12.9. The van der Waals surface area contributed by atoms with Crippen molar-refractivity contribution < 1.29 is 23.8 Å². The number of nitrogens with zero attached hydrogens (tertiary/aromatic N) is 5. The van der Waals surface area contributed by atoms with Gasteiger partial charge in [0, 0.05) is 65.0 Å². The van der Waals surface area contributed by atoms with Gasteiger partial charge < -0.3 is 40.7 Å². The number of phenols is 1. The number of hydrogen-bond donors (Lipinski definition) is 4. The fourth-order valence-corrected chi connectivity index (χ4v) is 10.3. The van der Waals surface area contributed by atoms with E-state index in [0.29, 0.717) is 51.8 Å². The molecule has 5 fully saturated rings. The number of carbonyl (C=O) groups excluding carboxylic acids is 1. The molecule has 292 valence electrons. The predicted octanol–water partition coefficient (Wildman–Crippen LogP) is 6.29. The van der Waals surface area contributed by atoms with Crippen LogP contribution in [-0.4, -0.2) is 93.5 Å². The van der Waals surface area contributed by atoms with E-state index >= 15 is 4.39 Å². The van der Waals surface area contributed by atoms with Crippen LogP contribution in [0.4, 0.5) is 15.0 Å². The van der Waals surface area contributed by atoms with Crippen molar-refractivity contribution in [3.05, 3.63) is 41.8 Å². The maximum absolute atomic E-state index is 17.6. The zero-order valence-electron chi connectivity index (χ0n) is 32.3. The Kier molecular flexibility index (Phi) is 9.24. The van der Waals surface area contributed by atoms with Crippen LogP contribution in [0.5, 0.6) is 17.5 Å². The molecule has 4 aromatic rings. The highest BCUT2D eigenvalue weighted by Gasteiger charge is 2.42. The largest absolute Gasteiger partial charge is 0.504 e. The van der Waals surface area contributed by atoms with Gasteiger partial charge in [-0.1, -0.05) is 45.0 Å². The van der Waals surface area contributed by atoms with Gasteiger partial charge in [-0.3, -0.25) is 4.98 Å². The van der Waals surface area contributed by atoms with Crippen LogP contribution in [0, 0.1) is 5.82 Å². The molecule has 2 aromatic heterocycles. The van der Waals surface area contributed by atoms with Gasteiger partial charge in [0.1, 0.15) is 23.6 Å². The van der Waals surface area contributed by atoms with Crippen molar-refractivity contribution in [2.24, 2.45) is 5.73 Å². The Morgan fingerprint density at radius 2 is 1.73 bits per heavy atom. The summed E-state index contributed by atoms with van der Waals surface area (Å²) in [6.07, 6.45) is 10.7. The lowest BCUT2D eigenvalue weighted by atomic mass is 9.79. The number of amides is 1.